The maximum atomic E-state index is 13.0. The van der Waals surface area contributed by atoms with Gasteiger partial charge in [0, 0.05) is 25.4 Å². The Kier molecular flexibility index (Phi) is 5.16. The largest absolute Gasteiger partial charge is 0.398 e. The van der Waals surface area contributed by atoms with Crippen LogP contribution >= 0.6 is 0 Å². The minimum Gasteiger partial charge on any atom is -0.398 e. The number of anilines is 1. The van der Waals surface area contributed by atoms with Gasteiger partial charge in [-0.15, -0.1) is 0 Å². The number of benzene rings is 1. The van der Waals surface area contributed by atoms with Crippen LogP contribution < -0.4 is 5.73 Å². The van der Waals surface area contributed by atoms with Crippen molar-refractivity contribution in [1.82, 2.24) is 4.90 Å². The molecular weight excluding hydrogens is 243 g/mol. The van der Waals surface area contributed by atoms with E-state index in [1.165, 1.54) is 12.1 Å². The predicted octanol–water partition coefficient (Wildman–Crippen LogP) is 2.80. The van der Waals surface area contributed by atoms with Crippen molar-refractivity contribution in [3.63, 3.8) is 0 Å². The van der Waals surface area contributed by atoms with Crippen molar-refractivity contribution in [2.75, 3.05) is 25.4 Å². The maximum Gasteiger partial charge on any atom is 0.125 e. The second-order valence-corrected chi connectivity index (χ2v) is 5.21. The van der Waals surface area contributed by atoms with Crippen molar-refractivity contribution in [2.24, 2.45) is 0 Å². The van der Waals surface area contributed by atoms with Crippen LogP contribution in [-0.4, -0.2) is 30.7 Å². The molecule has 3 nitrogen and oxygen atoms in total. The summed E-state index contributed by atoms with van der Waals surface area (Å²) in [4.78, 5) is 2.34. The first-order valence-corrected chi connectivity index (χ1v) is 7.07. The van der Waals surface area contributed by atoms with Gasteiger partial charge in [0.1, 0.15) is 5.82 Å². The Morgan fingerprint density at radius 2 is 2.32 bits per heavy atom. The number of rotatable bonds is 5. The minimum absolute atomic E-state index is 0.274. The van der Waals surface area contributed by atoms with Crippen LogP contribution in [0.5, 0.6) is 0 Å². The molecule has 0 amide bonds. The molecule has 106 valence electrons. The van der Waals surface area contributed by atoms with Gasteiger partial charge >= 0.3 is 0 Å². The van der Waals surface area contributed by atoms with Gasteiger partial charge in [-0.05, 0) is 43.5 Å². The van der Waals surface area contributed by atoms with Crippen molar-refractivity contribution in [3.05, 3.63) is 29.6 Å². The van der Waals surface area contributed by atoms with Crippen molar-refractivity contribution < 1.29 is 9.13 Å². The van der Waals surface area contributed by atoms with Gasteiger partial charge in [0.2, 0.25) is 0 Å². The molecule has 0 aliphatic carbocycles. The van der Waals surface area contributed by atoms with Crippen molar-refractivity contribution in [1.29, 1.82) is 0 Å². The fourth-order valence-electron chi connectivity index (χ4n) is 2.53. The zero-order valence-corrected chi connectivity index (χ0v) is 11.6. The van der Waals surface area contributed by atoms with E-state index in [0.29, 0.717) is 11.8 Å². The second kappa shape index (κ2) is 6.87. The fraction of sp³-hybridized carbons (Fsp3) is 0.600. The Labute approximate surface area is 114 Å². The molecule has 0 aromatic heterocycles. The molecule has 0 radical (unpaired) electrons. The smallest absolute Gasteiger partial charge is 0.125 e. The summed E-state index contributed by atoms with van der Waals surface area (Å²) in [5, 5.41) is 0. The summed E-state index contributed by atoms with van der Waals surface area (Å²) in [7, 11) is 0. The first-order valence-electron chi connectivity index (χ1n) is 7.07. The lowest BCUT2D eigenvalue weighted by atomic mass is 10.1. The van der Waals surface area contributed by atoms with Gasteiger partial charge in [0.25, 0.3) is 0 Å². The molecule has 1 aliphatic rings. The van der Waals surface area contributed by atoms with Crippen LogP contribution in [0.1, 0.15) is 31.7 Å². The summed E-state index contributed by atoms with van der Waals surface area (Å²) >= 11 is 0. The van der Waals surface area contributed by atoms with Gasteiger partial charge in [-0.2, -0.15) is 0 Å². The number of halogens is 1. The third-order valence-electron chi connectivity index (χ3n) is 3.52. The molecular formula is C15H23FN2O. The van der Waals surface area contributed by atoms with Crippen LogP contribution in [0.15, 0.2) is 18.2 Å². The molecule has 2 rings (SSSR count). The summed E-state index contributed by atoms with van der Waals surface area (Å²) in [6, 6.07) is 4.65. The Morgan fingerprint density at radius 3 is 3.05 bits per heavy atom. The highest BCUT2D eigenvalue weighted by molar-refractivity contribution is 5.46. The molecule has 1 aromatic carbocycles. The van der Waals surface area contributed by atoms with Crippen LogP contribution in [0, 0.1) is 5.82 Å². The lowest BCUT2D eigenvalue weighted by Crippen LogP contribution is -2.39. The van der Waals surface area contributed by atoms with E-state index in [2.05, 4.69) is 11.8 Å². The molecule has 4 heteroatoms. The van der Waals surface area contributed by atoms with E-state index in [4.69, 9.17) is 10.5 Å². The Balaban J connectivity index is 1.91. The molecule has 1 aliphatic heterocycles. The molecule has 0 saturated carbocycles. The number of likely N-dealkylation sites (tertiary alicyclic amines) is 1. The van der Waals surface area contributed by atoms with Crippen LogP contribution in [0.2, 0.25) is 0 Å². The molecule has 1 atom stereocenters. The van der Waals surface area contributed by atoms with Gasteiger partial charge in [-0.25, -0.2) is 4.39 Å². The molecule has 1 aromatic rings. The number of hydrogen-bond acceptors (Lipinski definition) is 3. The summed E-state index contributed by atoms with van der Waals surface area (Å²) < 4.78 is 18.8. The van der Waals surface area contributed by atoms with E-state index >= 15 is 0 Å². The maximum absolute atomic E-state index is 13.0. The molecule has 2 N–H and O–H groups in total. The average Bonchev–Trinajstić information content (AvgIpc) is 2.40. The van der Waals surface area contributed by atoms with Crippen molar-refractivity contribution in [2.45, 2.75) is 38.8 Å². The first-order chi connectivity index (χ1) is 9.19. The summed E-state index contributed by atoms with van der Waals surface area (Å²) in [5.74, 6) is -0.274. The standard InChI is InChI=1S/C15H23FN2O/c1-2-8-19-14-4-3-7-18(11-14)10-12-5-6-13(16)9-15(12)17/h5-6,9,14H,2-4,7-8,10-11,17H2,1H3. The van der Waals surface area contributed by atoms with Gasteiger partial charge in [0.15, 0.2) is 0 Å². The fourth-order valence-corrected chi connectivity index (χ4v) is 2.53. The molecule has 1 unspecified atom stereocenters. The van der Waals surface area contributed by atoms with E-state index in [1.54, 1.807) is 6.07 Å². The van der Waals surface area contributed by atoms with Gasteiger partial charge < -0.3 is 10.5 Å². The van der Waals surface area contributed by atoms with Crippen LogP contribution in [0.3, 0.4) is 0 Å². The third kappa shape index (κ3) is 4.18. The summed E-state index contributed by atoms with van der Waals surface area (Å²) in [5.41, 5.74) is 7.39. The van der Waals surface area contributed by atoms with Gasteiger partial charge in [0.05, 0.1) is 6.10 Å². The number of nitrogens with two attached hydrogens (primary N) is 1. The summed E-state index contributed by atoms with van der Waals surface area (Å²) in [6.45, 7) is 5.73. The first kappa shape index (κ1) is 14.3. The number of nitrogens with zero attached hydrogens (tertiary/aromatic N) is 1. The highest BCUT2D eigenvalue weighted by Gasteiger charge is 2.20. The lowest BCUT2D eigenvalue weighted by molar-refractivity contribution is -0.00218. The van der Waals surface area contributed by atoms with Crippen molar-refractivity contribution in [3.8, 4) is 0 Å². The second-order valence-electron chi connectivity index (χ2n) is 5.21. The van der Waals surface area contributed by atoms with E-state index in [-0.39, 0.29) is 5.82 Å². The minimum atomic E-state index is -0.274. The van der Waals surface area contributed by atoms with E-state index < -0.39 is 0 Å². The Bertz CT molecular complexity index is 411. The van der Waals surface area contributed by atoms with Crippen LogP contribution in [0.25, 0.3) is 0 Å². The lowest BCUT2D eigenvalue weighted by Gasteiger charge is -2.32. The van der Waals surface area contributed by atoms with Crippen molar-refractivity contribution >= 4 is 5.69 Å². The third-order valence-corrected chi connectivity index (χ3v) is 3.52. The number of hydrogen-bond donors (Lipinski definition) is 1. The topological polar surface area (TPSA) is 38.5 Å². The molecule has 19 heavy (non-hydrogen) atoms. The quantitative estimate of drug-likeness (QED) is 0.833. The number of nitrogen functional groups attached to an aromatic ring is 1. The molecule has 0 spiro atoms. The molecule has 1 heterocycles. The monoisotopic (exact) mass is 266 g/mol. The Morgan fingerprint density at radius 1 is 1.47 bits per heavy atom. The van der Waals surface area contributed by atoms with E-state index in [0.717, 1.165) is 51.1 Å². The predicted molar refractivity (Wildman–Crippen MR) is 75.4 cm³/mol. The zero-order valence-electron chi connectivity index (χ0n) is 11.6. The number of ether oxygens (including phenoxy) is 1. The highest BCUT2D eigenvalue weighted by Crippen LogP contribution is 2.20. The van der Waals surface area contributed by atoms with Gasteiger partial charge in [-0.3, -0.25) is 4.90 Å². The van der Waals surface area contributed by atoms with Crippen LogP contribution in [0.4, 0.5) is 10.1 Å². The summed E-state index contributed by atoms with van der Waals surface area (Å²) in [6.07, 6.45) is 3.67. The van der Waals surface area contributed by atoms with E-state index in [1.807, 2.05) is 0 Å². The van der Waals surface area contributed by atoms with E-state index in [9.17, 15) is 4.39 Å². The SMILES string of the molecule is CCCOC1CCCN(Cc2ccc(F)cc2N)C1. The molecule has 1 fully saturated rings. The normalized spacial score (nSPS) is 20.6. The number of piperidine rings is 1. The molecule has 1 saturated heterocycles. The van der Waals surface area contributed by atoms with Crippen LogP contribution in [-0.2, 0) is 11.3 Å². The molecule has 0 bridgehead atoms. The zero-order chi connectivity index (χ0) is 13.7. The average molecular weight is 266 g/mol. The van der Waals surface area contributed by atoms with Gasteiger partial charge in [-0.1, -0.05) is 13.0 Å². The highest BCUT2D eigenvalue weighted by atomic mass is 19.1. The Hall–Kier alpha value is -1.13.